The molecule has 1 aliphatic rings. The first kappa shape index (κ1) is 17.9. The smallest absolute Gasteiger partial charge is 0.243 e. The van der Waals surface area contributed by atoms with Crippen molar-refractivity contribution in [2.45, 2.75) is 37.1 Å². The molecule has 0 saturated carbocycles. The van der Waals surface area contributed by atoms with Gasteiger partial charge >= 0.3 is 0 Å². The van der Waals surface area contributed by atoms with Gasteiger partial charge in [0.15, 0.2) is 0 Å². The second kappa shape index (κ2) is 7.90. The fraction of sp³-hybridized carbons (Fsp3) is 0.562. The van der Waals surface area contributed by atoms with E-state index in [9.17, 15) is 13.2 Å². The van der Waals surface area contributed by atoms with Gasteiger partial charge in [0.1, 0.15) is 0 Å². The van der Waals surface area contributed by atoms with Crippen LogP contribution in [0.1, 0.15) is 26.2 Å². The molecule has 7 heteroatoms. The van der Waals surface area contributed by atoms with Crippen molar-refractivity contribution in [1.29, 1.82) is 0 Å². The Morgan fingerprint density at radius 2 is 1.87 bits per heavy atom. The highest BCUT2D eigenvalue weighted by molar-refractivity contribution is 7.89. The number of carbonyl (C=O) groups excluding carboxylic acids is 1. The number of amides is 1. The van der Waals surface area contributed by atoms with E-state index < -0.39 is 16.1 Å². The first-order valence-corrected chi connectivity index (χ1v) is 9.50. The highest BCUT2D eigenvalue weighted by Gasteiger charge is 2.29. The maximum atomic E-state index is 12.7. The largest absolute Gasteiger partial charge is 0.340 e. The number of hydrogen-bond acceptors (Lipinski definition) is 4. The molecule has 0 radical (unpaired) electrons. The number of benzene rings is 1. The predicted octanol–water partition coefficient (Wildman–Crippen LogP) is 1.04. The maximum Gasteiger partial charge on any atom is 0.243 e. The van der Waals surface area contributed by atoms with Crippen LogP contribution in [-0.2, 0) is 14.8 Å². The van der Waals surface area contributed by atoms with E-state index in [-0.39, 0.29) is 5.91 Å². The fourth-order valence-electron chi connectivity index (χ4n) is 2.77. The summed E-state index contributed by atoms with van der Waals surface area (Å²) >= 11 is 0. The van der Waals surface area contributed by atoms with Crippen LogP contribution in [0, 0.1) is 0 Å². The van der Waals surface area contributed by atoms with E-state index in [1.807, 2.05) is 6.92 Å². The zero-order valence-electron chi connectivity index (χ0n) is 13.5. The molecule has 1 fully saturated rings. The average molecular weight is 339 g/mol. The van der Waals surface area contributed by atoms with Crippen molar-refractivity contribution in [2.75, 3.05) is 26.2 Å². The lowest BCUT2D eigenvalue weighted by Crippen LogP contribution is -2.45. The van der Waals surface area contributed by atoms with Crippen molar-refractivity contribution < 1.29 is 13.2 Å². The molecule has 0 aliphatic carbocycles. The van der Waals surface area contributed by atoms with Gasteiger partial charge in [-0.2, -0.15) is 4.31 Å². The lowest BCUT2D eigenvalue weighted by atomic mass is 10.1. The highest BCUT2D eigenvalue weighted by atomic mass is 32.2. The molecule has 1 aliphatic heterocycles. The molecule has 1 heterocycles. The topological polar surface area (TPSA) is 83.7 Å². The number of sulfonamides is 1. The summed E-state index contributed by atoms with van der Waals surface area (Å²) in [6, 6.07) is 7.92. The lowest BCUT2D eigenvalue weighted by Gasteiger charge is -2.24. The highest BCUT2D eigenvalue weighted by Crippen LogP contribution is 2.17. The third kappa shape index (κ3) is 4.31. The van der Waals surface area contributed by atoms with E-state index in [1.54, 1.807) is 35.2 Å². The Labute approximate surface area is 138 Å². The molecule has 23 heavy (non-hydrogen) atoms. The Morgan fingerprint density at radius 1 is 1.17 bits per heavy atom. The van der Waals surface area contributed by atoms with Crippen LogP contribution in [0.25, 0.3) is 0 Å². The minimum atomic E-state index is -3.50. The second-order valence-electron chi connectivity index (χ2n) is 5.79. The standard InChI is InChI=1S/C16H25N3O3S/c1-2-7-15(17)16(20)18-10-6-11-19(13-12-18)23(21,22)14-8-4-3-5-9-14/h3-5,8-9,15H,2,6-7,10-13,17H2,1H3. The Balaban J connectivity index is 2.05. The summed E-state index contributed by atoms with van der Waals surface area (Å²) in [5.41, 5.74) is 5.90. The quantitative estimate of drug-likeness (QED) is 0.869. The zero-order chi connectivity index (χ0) is 16.9. The summed E-state index contributed by atoms with van der Waals surface area (Å²) < 4.78 is 26.8. The van der Waals surface area contributed by atoms with Gasteiger partial charge in [-0.25, -0.2) is 8.42 Å². The van der Waals surface area contributed by atoms with Gasteiger partial charge in [0.25, 0.3) is 0 Å². The minimum absolute atomic E-state index is 0.0780. The third-order valence-electron chi connectivity index (χ3n) is 4.06. The molecule has 1 saturated heterocycles. The monoisotopic (exact) mass is 339 g/mol. The molecule has 0 spiro atoms. The summed E-state index contributed by atoms with van der Waals surface area (Å²) in [4.78, 5) is 14.3. The van der Waals surface area contributed by atoms with Crippen molar-refractivity contribution in [1.82, 2.24) is 9.21 Å². The maximum absolute atomic E-state index is 12.7. The molecule has 0 aromatic heterocycles. The van der Waals surface area contributed by atoms with E-state index in [4.69, 9.17) is 5.73 Å². The Hall–Kier alpha value is -1.44. The van der Waals surface area contributed by atoms with E-state index in [0.29, 0.717) is 43.9 Å². The van der Waals surface area contributed by atoms with Crippen LogP contribution in [0.15, 0.2) is 35.2 Å². The average Bonchev–Trinajstić information content (AvgIpc) is 2.81. The van der Waals surface area contributed by atoms with E-state index in [0.717, 1.165) is 6.42 Å². The second-order valence-corrected chi connectivity index (χ2v) is 7.73. The van der Waals surface area contributed by atoms with Gasteiger partial charge in [0.2, 0.25) is 15.9 Å². The number of nitrogens with two attached hydrogens (primary N) is 1. The summed E-state index contributed by atoms with van der Waals surface area (Å²) in [7, 11) is -3.50. The van der Waals surface area contributed by atoms with Crippen LogP contribution < -0.4 is 5.73 Å². The number of hydrogen-bond donors (Lipinski definition) is 1. The summed E-state index contributed by atoms with van der Waals surface area (Å²) in [5, 5.41) is 0. The normalized spacial score (nSPS) is 18.4. The van der Waals surface area contributed by atoms with Gasteiger partial charge in [-0.3, -0.25) is 4.79 Å². The Bertz CT molecular complexity index is 619. The lowest BCUT2D eigenvalue weighted by molar-refractivity contribution is -0.132. The molecule has 128 valence electrons. The minimum Gasteiger partial charge on any atom is -0.340 e. The SMILES string of the molecule is CCCC(N)C(=O)N1CCCN(S(=O)(=O)c2ccccc2)CC1. The first-order valence-electron chi connectivity index (χ1n) is 8.06. The first-order chi connectivity index (χ1) is 11.0. The van der Waals surface area contributed by atoms with E-state index >= 15 is 0 Å². The number of nitrogens with zero attached hydrogens (tertiary/aromatic N) is 2. The van der Waals surface area contributed by atoms with Crippen LogP contribution in [0.2, 0.25) is 0 Å². The predicted molar refractivity (Wildman–Crippen MR) is 89.3 cm³/mol. The molecular formula is C16H25N3O3S. The fourth-order valence-corrected chi connectivity index (χ4v) is 4.26. The van der Waals surface area contributed by atoms with Crippen LogP contribution in [0.4, 0.5) is 0 Å². The van der Waals surface area contributed by atoms with Crippen molar-refractivity contribution in [2.24, 2.45) is 5.73 Å². The van der Waals surface area contributed by atoms with Crippen molar-refractivity contribution >= 4 is 15.9 Å². The van der Waals surface area contributed by atoms with Crippen LogP contribution in [-0.4, -0.2) is 55.8 Å². The summed E-state index contributed by atoms with van der Waals surface area (Å²) in [6.07, 6.45) is 2.13. The number of carbonyl (C=O) groups is 1. The van der Waals surface area contributed by atoms with Gasteiger partial charge < -0.3 is 10.6 Å². The number of rotatable bonds is 5. The molecule has 1 atom stereocenters. The molecule has 6 nitrogen and oxygen atoms in total. The Kier molecular flexibility index (Phi) is 6.15. The molecular weight excluding hydrogens is 314 g/mol. The van der Waals surface area contributed by atoms with Crippen LogP contribution in [0.3, 0.4) is 0 Å². The molecule has 2 N–H and O–H groups in total. The molecule has 1 unspecified atom stereocenters. The van der Waals surface area contributed by atoms with Gasteiger partial charge in [-0.1, -0.05) is 31.5 Å². The van der Waals surface area contributed by atoms with Crippen LogP contribution in [0.5, 0.6) is 0 Å². The summed E-state index contributed by atoms with van der Waals surface area (Å²) in [6.45, 7) is 3.66. The van der Waals surface area contributed by atoms with Crippen LogP contribution >= 0.6 is 0 Å². The van der Waals surface area contributed by atoms with Crippen molar-refractivity contribution in [3.63, 3.8) is 0 Å². The van der Waals surface area contributed by atoms with Gasteiger partial charge in [0.05, 0.1) is 10.9 Å². The molecule has 1 aromatic carbocycles. The van der Waals surface area contributed by atoms with Gasteiger partial charge in [-0.15, -0.1) is 0 Å². The third-order valence-corrected chi connectivity index (χ3v) is 5.98. The molecule has 1 aromatic rings. The zero-order valence-corrected chi connectivity index (χ0v) is 14.3. The van der Waals surface area contributed by atoms with Gasteiger partial charge in [-0.05, 0) is 25.0 Å². The Morgan fingerprint density at radius 3 is 2.52 bits per heavy atom. The van der Waals surface area contributed by atoms with Crippen molar-refractivity contribution in [3.8, 4) is 0 Å². The van der Waals surface area contributed by atoms with Gasteiger partial charge in [0, 0.05) is 26.2 Å². The molecule has 1 amide bonds. The molecule has 0 bridgehead atoms. The van der Waals surface area contributed by atoms with E-state index in [2.05, 4.69) is 0 Å². The summed E-state index contributed by atoms with van der Waals surface area (Å²) in [5.74, 6) is -0.0780. The van der Waals surface area contributed by atoms with E-state index in [1.165, 1.54) is 4.31 Å². The van der Waals surface area contributed by atoms with Crippen molar-refractivity contribution in [3.05, 3.63) is 30.3 Å². The molecule has 2 rings (SSSR count).